The van der Waals surface area contributed by atoms with E-state index in [0.717, 1.165) is 29.5 Å². The highest BCUT2D eigenvalue weighted by Gasteiger charge is 2.07. The predicted octanol–water partition coefficient (Wildman–Crippen LogP) is 3.47. The number of benzene rings is 1. The molecule has 0 fully saturated rings. The molecule has 0 atom stereocenters. The minimum atomic E-state index is 0.125. The number of Topliss-reactive ketones (excluding diaryl/α,β-unsaturated/α-hetero) is 1. The first-order valence-corrected chi connectivity index (χ1v) is 8.00. The molecule has 118 valence electrons. The van der Waals surface area contributed by atoms with Crippen molar-refractivity contribution in [3.05, 3.63) is 46.2 Å². The van der Waals surface area contributed by atoms with E-state index in [-0.39, 0.29) is 5.78 Å². The van der Waals surface area contributed by atoms with Crippen LogP contribution >= 0.6 is 11.3 Å². The normalized spacial score (nSPS) is 10.7. The summed E-state index contributed by atoms with van der Waals surface area (Å²) in [6.07, 6.45) is 0. The van der Waals surface area contributed by atoms with Gasteiger partial charge in [0, 0.05) is 19.2 Å². The molecule has 0 saturated heterocycles. The molecular formula is C17H21NO3S. The van der Waals surface area contributed by atoms with Crippen molar-refractivity contribution < 1.29 is 14.3 Å². The van der Waals surface area contributed by atoms with Crippen LogP contribution in [0.3, 0.4) is 0 Å². The lowest BCUT2D eigenvalue weighted by Crippen LogP contribution is -2.23. The van der Waals surface area contributed by atoms with Gasteiger partial charge in [-0.2, -0.15) is 0 Å². The second-order valence-electron chi connectivity index (χ2n) is 5.14. The molecule has 0 aliphatic heterocycles. The molecule has 2 aromatic rings. The molecule has 2 rings (SSSR count). The van der Waals surface area contributed by atoms with Crippen molar-refractivity contribution in [3.8, 4) is 11.5 Å². The minimum absolute atomic E-state index is 0.125. The quantitative estimate of drug-likeness (QED) is 0.698. The van der Waals surface area contributed by atoms with Gasteiger partial charge in [0.1, 0.15) is 18.1 Å². The highest BCUT2D eigenvalue weighted by molar-refractivity contribution is 7.12. The number of carbonyl (C=O) groups excluding carboxylic acids is 1. The average molecular weight is 319 g/mol. The molecule has 1 aromatic carbocycles. The van der Waals surface area contributed by atoms with Gasteiger partial charge in [-0.15, -0.1) is 11.3 Å². The third-order valence-corrected chi connectivity index (χ3v) is 4.32. The first-order valence-electron chi connectivity index (χ1n) is 7.12. The van der Waals surface area contributed by atoms with Crippen molar-refractivity contribution in [3.63, 3.8) is 0 Å². The highest BCUT2D eigenvalue weighted by atomic mass is 32.1. The van der Waals surface area contributed by atoms with E-state index in [9.17, 15) is 4.79 Å². The van der Waals surface area contributed by atoms with Crippen molar-refractivity contribution in [1.82, 2.24) is 4.90 Å². The zero-order valence-corrected chi connectivity index (χ0v) is 14.0. The summed E-state index contributed by atoms with van der Waals surface area (Å²) in [5.41, 5.74) is 1.17. The van der Waals surface area contributed by atoms with Crippen LogP contribution in [0.15, 0.2) is 35.7 Å². The van der Waals surface area contributed by atoms with Crippen LogP contribution in [0.5, 0.6) is 11.5 Å². The van der Waals surface area contributed by atoms with Gasteiger partial charge in [-0.1, -0.05) is 6.07 Å². The Morgan fingerprint density at radius 1 is 1.27 bits per heavy atom. The van der Waals surface area contributed by atoms with Gasteiger partial charge in [0.25, 0.3) is 0 Å². The number of rotatable bonds is 8. The number of thiophene rings is 1. The second kappa shape index (κ2) is 7.96. The Morgan fingerprint density at radius 2 is 2.05 bits per heavy atom. The van der Waals surface area contributed by atoms with Crippen LogP contribution in [-0.4, -0.2) is 38.0 Å². The standard InChI is InChI=1S/C17H21NO3S/c1-13(19)17-9-14(12-22-17)11-18(2)7-8-21-16-6-4-5-15(10-16)20-3/h4-6,9-10,12H,7-8,11H2,1-3H3. The average Bonchev–Trinajstić information content (AvgIpc) is 2.96. The Balaban J connectivity index is 1.77. The van der Waals surface area contributed by atoms with E-state index in [1.807, 2.05) is 42.8 Å². The van der Waals surface area contributed by atoms with E-state index in [4.69, 9.17) is 9.47 Å². The van der Waals surface area contributed by atoms with E-state index in [1.54, 1.807) is 14.0 Å². The number of nitrogens with zero attached hydrogens (tertiary/aromatic N) is 1. The maximum Gasteiger partial charge on any atom is 0.169 e. The number of ketones is 1. The molecule has 22 heavy (non-hydrogen) atoms. The molecule has 0 bridgehead atoms. The molecular weight excluding hydrogens is 298 g/mol. The minimum Gasteiger partial charge on any atom is -0.497 e. The largest absolute Gasteiger partial charge is 0.497 e. The van der Waals surface area contributed by atoms with Gasteiger partial charge in [0.05, 0.1) is 12.0 Å². The van der Waals surface area contributed by atoms with E-state index in [2.05, 4.69) is 4.90 Å². The van der Waals surface area contributed by atoms with E-state index in [0.29, 0.717) is 6.61 Å². The van der Waals surface area contributed by atoms with E-state index < -0.39 is 0 Å². The lowest BCUT2D eigenvalue weighted by molar-refractivity contribution is 0.102. The molecule has 0 unspecified atom stereocenters. The lowest BCUT2D eigenvalue weighted by atomic mass is 10.2. The molecule has 0 radical (unpaired) electrons. The van der Waals surface area contributed by atoms with Gasteiger partial charge in [0.15, 0.2) is 5.78 Å². The fourth-order valence-corrected chi connectivity index (χ4v) is 2.85. The summed E-state index contributed by atoms with van der Waals surface area (Å²) in [6.45, 7) is 3.82. The van der Waals surface area contributed by atoms with Gasteiger partial charge in [-0.3, -0.25) is 9.69 Å². The Bertz CT molecular complexity index is 624. The summed E-state index contributed by atoms with van der Waals surface area (Å²) in [5.74, 6) is 1.73. The molecule has 5 heteroatoms. The van der Waals surface area contributed by atoms with Gasteiger partial charge in [-0.05, 0) is 43.1 Å². The molecule has 0 aliphatic rings. The Morgan fingerprint density at radius 3 is 2.73 bits per heavy atom. The van der Waals surface area contributed by atoms with Crippen LogP contribution in [0.4, 0.5) is 0 Å². The first-order chi connectivity index (χ1) is 10.6. The third-order valence-electron chi connectivity index (χ3n) is 3.24. The predicted molar refractivity (Wildman–Crippen MR) is 89.1 cm³/mol. The molecule has 0 spiro atoms. The van der Waals surface area contributed by atoms with Crippen molar-refractivity contribution in [2.45, 2.75) is 13.5 Å². The van der Waals surface area contributed by atoms with Crippen LogP contribution in [0.2, 0.25) is 0 Å². The highest BCUT2D eigenvalue weighted by Crippen LogP contribution is 2.19. The zero-order chi connectivity index (χ0) is 15.9. The molecule has 0 amide bonds. The fourth-order valence-electron chi connectivity index (χ4n) is 2.04. The molecule has 0 saturated carbocycles. The SMILES string of the molecule is COc1cccc(OCCN(C)Cc2csc(C(C)=O)c2)c1. The molecule has 0 aliphatic carbocycles. The van der Waals surface area contributed by atoms with Gasteiger partial charge < -0.3 is 9.47 Å². The molecule has 1 heterocycles. The van der Waals surface area contributed by atoms with Crippen LogP contribution < -0.4 is 9.47 Å². The Kier molecular flexibility index (Phi) is 5.98. The van der Waals surface area contributed by atoms with Gasteiger partial charge in [0.2, 0.25) is 0 Å². The van der Waals surface area contributed by atoms with Gasteiger partial charge in [-0.25, -0.2) is 0 Å². The summed E-state index contributed by atoms with van der Waals surface area (Å²) >= 11 is 1.50. The number of methoxy groups -OCH3 is 1. The summed E-state index contributed by atoms with van der Waals surface area (Å²) in [6, 6.07) is 9.56. The number of ether oxygens (including phenoxy) is 2. The Labute approximate surface area is 135 Å². The smallest absolute Gasteiger partial charge is 0.169 e. The van der Waals surface area contributed by atoms with Crippen LogP contribution in [0.25, 0.3) is 0 Å². The second-order valence-corrected chi connectivity index (χ2v) is 6.05. The Hall–Kier alpha value is -1.85. The molecule has 4 nitrogen and oxygen atoms in total. The number of likely N-dealkylation sites (N-methyl/N-ethyl adjacent to an activating group) is 1. The molecule has 1 aromatic heterocycles. The van der Waals surface area contributed by atoms with E-state index >= 15 is 0 Å². The maximum atomic E-state index is 11.3. The maximum absolute atomic E-state index is 11.3. The summed E-state index contributed by atoms with van der Waals surface area (Å²) < 4.78 is 10.9. The topological polar surface area (TPSA) is 38.8 Å². The van der Waals surface area contributed by atoms with Gasteiger partial charge >= 0.3 is 0 Å². The number of hydrogen-bond donors (Lipinski definition) is 0. The van der Waals surface area contributed by atoms with Crippen LogP contribution in [0.1, 0.15) is 22.2 Å². The van der Waals surface area contributed by atoms with Crippen molar-refractivity contribution in [2.24, 2.45) is 0 Å². The zero-order valence-electron chi connectivity index (χ0n) is 13.2. The monoisotopic (exact) mass is 319 g/mol. The number of carbonyl (C=O) groups is 1. The summed E-state index contributed by atoms with van der Waals surface area (Å²) in [5, 5.41) is 2.04. The lowest BCUT2D eigenvalue weighted by Gasteiger charge is -2.16. The number of hydrogen-bond acceptors (Lipinski definition) is 5. The third kappa shape index (κ3) is 4.86. The summed E-state index contributed by atoms with van der Waals surface area (Å²) in [7, 11) is 3.68. The first kappa shape index (κ1) is 16.5. The summed E-state index contributed by atoms with van der Waals surface area (Å²) in [4.78, 5) is 14.3. The van der Waals surface area contributed by atoms with Crippen molar-refractivity contribution in [1.29, 1.82) is 0 Å². The van der Waals surface area contributed by atoms with E-state index in [1.165, 1.54) is 16.9 Å². The van der Waals surface area contributed by atoms with Crippen molar-refractivity contribution >= 4 is 17.1 Å². The molecule has 0 N–H and O–H groups in total. The van der Waals surface area contributed by atoms with Crippen LogP contribution in [0, 0.1) is 0 Å². The van der Waals surface area contributed by atoms with Crippen molar-refractivity contribution in [2.75, 3.05) is 27.3 Å². The fraction of sp³-hybridized carbons (Fsp3) is 0.353. The van der Waals surface area contributed by atoms with Crippen LogP contribution in [-0.2, 0) is 6.54 Å².